The van der Waals surface area contributed by atoms with Crippen molar-refractivity contribution in [3.63, 3.8) is 0 Å². The van der Waals surface area contributed by atoms with Crippen LogP contribution in [0.25, 0.3) is 0 Å². The second-order valence-corrected chi connectivity index (χ2v) is 7.21. The van der Waals surface area contributed by atoms with E-state index in [4.69, 9.17) is 0 Å². The van der Waals surface area contributed by atoms with E-state index in [1.807, 2.05) is 0 Å². The fourth-order valence-electron chi connectivity index (χ4n) is 3.66. The summed E-state index contributed by atoms with van der Waals surface area (Å²) in [6.45, 7) is 13.0. The summed E-state index contributed by atoms with van der Waals surface area (Å²) in [4.78, 5) is 5.20. The van der Waals surface area contributed by atoms with E-state index in [1.54, 1.807) is 0 Å². The van der Waals surface area contributed by atoms with E-state index in [-0.39, 0.29) is 12.1 Å². The highest BCUT2D eigenvalue weighted by Gasteiger charge is 2.32. The summed E-state index contributed by atoms with van der Waals surface area (Å²) in [6.07, 6.45) is 6.15. The molecule has 2 atom stereocenters. The Kier molecular flexibility index (Phi) is 6.48. The second-order valence-electron chi connectivity index (χ2n) is 7.21. The van der Waals surface area contributed by atoms with Gasteiger partial charge in [0.05, 0.1) is 6.61 Å². The van der Waals surface area contributed by atoms with E-state index in [2.05, 4.69) is 35.9 Å². The van der Waals surface area contributed by atoms with E-state index in [1.165, 1.54) is 58.4 Å². The van der Waals surface area contributed by atoms with Crippen LogP contribution in [0.15, 0.2) is 0 Å². The maximum Gasteiger partial charge on any atom is 0.0610 e. The Morgan fingerprint density at radius 3 is 2.52 bits per heavy atom. The van der Waals surface area contributed by atoms with Gasteiger partial charge < -0.3 is 15.3 Å². The molecule has 21 heavy (non-hydrogen) atoms. The predicted octanol–water partition coefficient (Wildman–Crippen LogP) is 1.69. The minimum Gasteiger partial charge on any atom is -0.394 e. The lowest BCUT2D eigenvalue weighted by molar-refractivity contribution is 0.155. The Hall–Kier alpha value is -0.160. The Bertz CT molecular complexity index is 304. The van der Waals surface area contributed by atoms with Crippen molar-refractivity contribution >= 4 is 0 Å². The summed E-state index contributed by atoms with van der Waals surface area (Å²) in [5.74, 6) is 0. The molecule has 1 saturated carbocycles. The molecule has 0 amide bonds. The Morgan fingerprint density at radius 1 is 1.24 bits per heavy atom. The number of hydrogen-bond donors (Lipinski definition) is 2. The third-order valence-electron chi connectivity index (χ3n) is 5.26. The topological polar surface area (TPSA) is 38.7 Å². The molecule has 4 nitrogen and oxygen atoms in total. The average molecular weight is 297 g/mol. The van der Waals surface area contributed by atoms with Crippen LogP contribution >= 0.6 is 0 Å². The highest BCUT2D eigenvalue weighted by atomic mass is 16.3. The van der Waals surface area contributed by atoms with Crippen molar-refractivity contribution in [2.45, 2.75) is 70.5 Å². The van der Waals surface area contributed by atoms with Crippen LogP contribution in [-0.2, 0) is 0 Å². The largest absolute Gasteiger partial charge is 0.394 e. The standard InChI is InChI=1S/C17H35N3O/c1-4-20(5-2)16-9-12-19(13-16)11-6-10-17(3,14-21)18-15-7-8-15/h15-16,18,21H,4-14H2,1-3H3. The minimum atomic E-state index is -0.0703. The summed E-state index contributed by atoms with van der Waals surface area (Å²) in [5, 5.41) is 13.3. The van der Waals surface area contributed by atoms with Crippen molar-refractivity contribution in [1.29, 1.82) is 0 Å². The van der Waals surface area contributed by atoms with Crippen molar-refractivity contribution < 1.29 is 5.11 Å². The lowest BCUT2D eigenvalue weighted by Crippen LogP contribution is -2.47. The van der Waals surface area contributed by atoms with Crippen LogP contribution in [0.2, 0.25) is 0 Å². The third-order valence-corrected chi connectivity index (χ3v) is 5.26. The van der Waals surface area contributed by atoms with Gasteiger partial charge in [0.2, 0.25) is 0 Å². The third kappa shape index (κ3) is 5.20. The molecule has 0 aromatic carbocycles. The molecule has 2 N–H and O–H groups in total. The molecule has 2 aliphatic rings. The Balaban J connectivity index is 1.66. The fourth-order valence-corrected chi connectivity index (χ4v) is 3.66. The van der Waals surface area contributed by atoms with E-state index in [0.717, 1.165) is 12.5 Å². The molecule has 0 bridgehead atoms. The molecule has 2 unspecified atom stereocenters. The van der Waals surface area contributed by atoms with Crippen molar-refractivity contribution in [1.82, 2.24) is 15.1 Å². The zero-order valence-electron chi connectivity index (χ0n) is 14.3. The first-order chi connectivity index (χ1) is 10.1. The molecule has 0 aromatic rings. The van der Waals surface area contributed by atoms with Gasteiger partial charge in [-0.15, -0.1) is 0 Å². The molecule has 4 heteroatoms. The smallest absolute Gasteiger partial charge is 0.0610 e. The number of rotatable bonds is 10. The molecule has 124 valence electrons. The maximum absolute atomic E-state index is 9.65. The number of aliphatic hydroxyl groups is 1. The van der Waals surface area contributed by atoms with Crippen molar-refractivity contribution in [3.8, 4) is 0 Å². The van der Waals surface area contributed by atoms with Crippen molar-refractivity contribution in [2.24, 2.45) is 0 Å². The van der Waals surface area contributed by atoms with Gasteiger partial charge in [-0.1, -0.05) is 13.8 Å². The van der Waals surface area contributed by atoms with Crippen LogP contribution < -0.4 is 5.32 Å². The highest BCUT2D eigenvalue weighted by molar-refractivity contribution is 4.92. The fraction of sp³-hybridized carbons (Fsp3) is 1.00. The van der Waals surface area contributed by atoms with Gasteiger partial charge in [0.25, 0.3) is 0 Å². The molecule has 0 aromatic heterocycles. The van der Waals surface area contributed by atoms with Gasteiger partial charge in [0.15, 0.2) is 0 Å². The second kappa shape index (κ2) is 7.91. The molecule has 2 rings (SSSR count). The molecular formula is C17H35N3O. The van der Waals surface area contributed by atoms with Gasteiger partial charge in [0, 0.05) is 24.2 Å². The molecular weight excluding hydrogens is 262 g/mol. The van der Waals surface area contributed by atoms with Crippen LogP contribution in [-0.4, -0.2) is 71.9 Å². The molecule has 1 aliphatic carbocycles. The lowest BCUT2D eigenvalue weighted by Gasteiger charge is -2.30. The molecule has 2 fully saturated rings. The zero-order chi connectivity index (χ0) is 15.3. The molecule has 1 aliphatic heterocycles. The van der Waals surface area contributed by atoms with Gasteiger partial charge in [-0.2, -0.15) is 0 Å². The van der Waals surface area contributed by atoms with E-state index in [0.29, 0.717) is 6.04 Å². The van der Waals surface area contributed by atoms with Crippen LogP contribution in [0.5, 0.6) is 0 Å². The van der Waals surface area contributed by atoms with E-state index in [9.17, 15) is 5.11 Å². The lowest BCUT2D eigenvalue weighted by atomic mass is 9.96. The maximum atomic E-state index is 9.65. The van der Waals surface area contributed by atoms with Crippen molar-refractivity contribution in [2.75, 3.05) is 39.3 Å². The van der Waals surface area contributed by atoms with Crippen LogP contribution in [0.3, 0.4) is 0 Å². The molecule has 0 radical (unpaired) electrons. The highest BCUT2D eigenvalue weighted by Crippen LogP contribution is 2.25. The van der Waals surface area contributed by atoms with Gasteiger partial charge in [0.1, 0.15) is 0 Å². The quantitative estimate of drug-likeness (QED) is 0.643. The summed E-state index contributed by atoms with van der Waals surface area (Å²) in [5.41, 5.74) is -0.0703. The normalized spacial score (nSPS) is 26.4. The van der Waals surface area contributed by atoms with Crippen LogP contribution in [0.4, 0.5) is 0 Å². The summed E-state index contributed by atoms with van der Waals surface area (Å²) < 4.78 is 0. The Labute approximate surface area is 130 Å². The first-order valence-electron chi connectivity index (χ1n) is 8.95. The summed E-state index contributed by atoms with van der Waals surface area (Å²) in [6, 6.07) is 1.43. The molecule has 1 saturated heterocycles. The first kappa shape index (κ1) is 17.2. The van der Waals surface area contributed by atoms with Gasteiger partial charge in [-0.05, 0) is 65.2 Å². The summed E-state index contributed by atoms with van der Waals surface area (Å²) in [7, 11) is 0. The number of nitrogens with one attached hydrogen (secondary N) is 1. The number of likely N-dealkylation sites (N-methyl/N-ethyl adjacent to an activating group) is 1. The van der Waals surface area contributed by atoms with Gasteiger partial charge in [-0.3, -0.25) is 4.90 Å². The zero-order valence-corrected chi connectivity index (χ0v) is 14.3. The average Bonchev–Trinajstić information content (AvgIpc) is 3.17. The van der Waals surface area contributed by atoms with Crippen LogP contribution in [0, 0.1) is 0 Å². The summed E-state index contributed by atoms with van der Waals surface area (Å²) >= 11 is 0. The predicted molar refractivity (Wildman–Crippen MR) is 88.6 cm³/mol. The van der Waals surface area contributed by atoms with E-state index < -0.39 is 0 Å². The SMILES string of the molecule is CCN(CC)C1CCN(CCCC(C)(CO)NC2CC2)C1. The van der Waals surface area contributed by atoms with Gasteiger partial charge >= 0.3 is 0 Å². The van der Waals surface area contributed by atoms with E-state index >= 15 is 0 Å². The van der Waals surface area contributed by atoms with Crippen LogP contribution in [0.1, 0.15) is 52.9 Å². The van der Waals surface area contributed by atoms with Crippen molar-refractivity contribution in [3.05, 3.63) is 0 Å². The number of likely N-dealkylation sites (tertiary alicyclic amines) is 1. The monoisotopic (exact) mass is 297 g/mol. The van der Waals surface area contributed by atoms with Gasteiger partial charge in [-0.25, -0.2) is 0 Å². The first-order valence-corrected chi connectivity index (χ1v) is 8.95. The number of aliphatic hydroxyl groups excluding tert-OH is 1. The minimum absolute atomic E-state index is 0.0703. The molecule has 1 heterocycles. The number of nitrogens with zero attached hydrogens (tertiary/aromatic N) is 2. The molecule has 0 spiro atoms. The Morgan fingerprint density at radius 2 is 1.95 bits per heavy atom. The number of hydrogen-bond acceptors (Lipinski definition) is 4.